The van der Waals surface area contributed by atoms with Crippen molar-refractivity contribution in [1.29, 1.82) is 0 Å². The first-order valence-corrected chi connectivity index (χ1v) is 4.61. The largest absolute Gasteiger partial charge is 0.368 e. The summed E-state index contributed by atoms with van der Waals surface area (Å²) in [5, 5.41) is 3.14. The van der Waals surface area contributed by atoms with Gasteiger partial charge in [0.25, 0.3) is 0 Å². The molecule has 3 N–H and O–H groups in total. The molecule has 0 unspecified atom stereocenters. The second-order valence-electron chi connectivity index (χ2n) is 3.64. The molecule has 0 aromatic carbocycles. The van der Waals surface area contributed by atoms with Gasteiger partial charge in [0.2, 0.25) is 11.9 Å². The van der Waals surface area contributed by atoms with Crippen molar-refractivity contribution >= 4 is 11.9 Å². The summed E-state index contributed by atoms with van der Waals surface area (Å²) in [5.74, 6) is 1.51. The summed E-state index contributed by atoms with van der Waals surface area (Å²) < 4.78 is 0. The van der Waals surface area contributed by atoms with Gasteiger partial charge in [-0.25, -0.2) is 9.97 Å². The van der Waals surface area contributed by atoms with Gasteiger partial charge < -0.3 is 16.0 Å². The van der Waals surface area contributed by atoms with Crippen molar-refractivity contribution in [2.24, 2.45) is 5.92 Å². The van der Waals surface area contributed by atoms with Gasteiger partial charge >= 0.3 is 0 Å². The Labute approximate surface area is 82.6 Å². The van der Waals surface area contributed by atoms with Gasteiger partial charge in [-0.3, -0.25) is 0 Å². The highest BCUT2D eigenvalue weighted by Gasteiger charge is 2.22. The van der Waals surface area contributed by atoms with Crippen LogP contribution in [0.3, 0.4) is 0 Å². The van der Waals surface area contributed by atoms with E-state index < -0.39 is 0 Å². The van der Waals surface area contributed by atoms with Crippen LogP contribution >= 0.6 is 0 Å². The van der Waals surface area contributed by atoms with Crippen LogP contribution in [0.25, 0.3) is 0 Å². The highest BCUT2D eigenvalue weighted by Crippen LogP contribution is 2.12. The maximum absolute atomic E-state index is 5.42. The molecule has 1 aliphatic rings. The molecule has 0 saturated carbocycles. The Morgan fingerprint density at radius 3 is 3.00 bits per heavy atom. The highest BCUT2D eigenvalue weighted by molar-refractivity contribution is 5.28. The van der Waals surface area contributed by atoms with E-state index in [2.05, 4.69) is 32.2 Å². The van der Waals surface area contributed by atoms with Crippen molar-refractivity contribution in [2.75, 3.05) is 37.7 Å². The van der Waals surface area contributed by atoms with E-state index in [1.165, 1.54) is 6.33 Å². The van der Waals surface area contributed by atoms with E-state index >= 15 is 0 Å². The number of nitrogen functional groups attached to an aromatic ring is 1. The molecule has 0 radical (unpaired) electrons. The summed E-state index contributed by atoms with van der Waals surface area (Å²) in [6.45, 7) is 3.16. The average Bonchev–Trinajstić information content (AvgIpc) is 2.11. The summed E-state index contributed by atoms with van der Waals surface area (Å²) in [4.78, 5) is 13.9. The van der Waals surface area contributed by atoms with Crippen LogP contribution in [0.2, 0.25) is 0 Å². The fourth-order valence-electron chi connectivity index (χ4n) is 1.59. The number of rotatable bonds is 3. The third kappa shape index (κ3) is 2.08. The number of nitrogens with one attached hydrogen (secondary N) is 1. The number of hydrogen-bond acceptors (Lipinski definition) is 6. The average molecular weight is 194 g/mol. The van der Waals surface area contributed by atoms with Crippen molar-refractivity contribution in [1.82, 2.24) is 19.9 Å². The predicted molar refractivity (Wildman–Crippen MR) is 53.7 cm³/mol. The third-order valence-corrected chi connectivity index (χ3v) is 2.28. The van der Waals surface area contributed by atoms with E-state index in [0.29, 0.717) is 11.9 Å². The molecular weight excluding hydrogens is 180 g/mol. The summed E-state index contributed by atoms with van der Waals surface area (Å²) in [7, 11) is 2.11. The number of nitrogens with two attached hydrogens (primary N) is 1. The maximum Gasteiger partial charge on any atom is 0.227 e. The molecule has 1 fully saturated rings. The van der Waals surface area contributed by atoms with Crippen LogP contribution in [0.15, 0.2) is 6.33 Å². The van der Waals surface area contributed by atoms with E-state index in [9.17, 15) is 0 Å². The minimum absolute atomic E-state index is 0.258. The Morgan fingerprint density at radius 2 is 2.36 bits per heavy atom. The second-order valence-corrected chi connectivity index (χ2v) is 3.64. The molecule has 1 aromatic heterocycles. The lowest BCUT2D eigenvalue weighted by atomic mass is 10.0. The number of anilines is 2. The first-order valence-electron chi connectivity index (χ1n) is 4.61. The molecule has 2 heterocycles. The maximum atomic E-state index is 5.42. The Hall–Kier alpha value is -1.43. The van der Waals surface area contributed by atoms with Gasteiger partial charge in [-0.2, -0.15) is 4.98 Å². The fourth-order valence-corrected chi connectivity index (χ4v) is 1.59. The Bertz CT molecular complexity index is 308. The molecule has 1 aromatic rings. The second kappa shape index (κ2) is 3.75. The molecule has 0 aliphatic carbocycles. The topological polar surface area (TPSA) is 80.0 Å². The fraction of sp³-hybridized carbons (Fsp3) is 0.625. The van der Waals surface area contributed by atoms with Gasteiger partial charge in [-0.1, -0.05) is 0 Å². The van der Waals surface area contributed by atoms with E-state index in [1.807, 2.05) is 0 Å². The molecule has 1 saturated heterocycles. The van der Waals surface area contributed by atoms with Crippen molar-refractivity contribution in [3.63, 3.8) is 0 Å². The molecule has 1 aliphatic heterocycles. The van der Waals surface area contributed by atoms with Gasteiger partial charge in [-0.15, -0.1) is 0 Å². The lowest BCUT2D eigenvalue weighted by Gasteiger charge is -2.36. The Balaban J connectivity index is 1.80. The van der Waals surface area contributed by atoms with Crippen molar-refractivity contribution in [3.05, 3.63) is 6.33 Å². The zero-order chi connectivity index (χ0) is 9.97. The summed E-state index contributed by atoms with van der Waals surface area (Å²) >= 11 is 0. The van der Waals surface area contributed by atoms with E-state index in [4.69, 9.17) is 5.73 Å². The summed E-state index contributed by atoms with van der Waals surface area (Å²) in [6, 6.07) is 0. The van der Waals surface area contributed by atoms with Crippen LogP contribution in [0.4, 0.5) is 11.9 Å². The number of aromatic nitrogens is 3. The number of likely N-dealkylation sites (tertiary alicyclic amines) is 1. The van der Waals surface area contributed by atoms with Crippen LogP contribution in [0.5, 0.6) is 0 Å². The minimum atomic E-state index is 0.258. The molecular formula is C8H14N6. The van der Waals surface area contributed by atoms with E-state index in [-0.39, 0.29) is 5.95 Å². The standard InChI is InChI=1S/C8H14N6/c1-14-3-6(4-14)2-10-8-12-5-11-7(9)13-8/h5-6H,2-4H2,1H3,(H3,9,10,11,12,13). The lowest BCUT2D eigenvalue weighted by Crippen LogP contribution is -2.46. The van der Waals surface area contributed by atoms with Crippen LogP contribution in [0.1, 0.15) is 0 Å². The third-order valence-electron chi connectivity index (χ3n) is 2.28. The molecule has 0 spiro atoms. The molecule has 0 amide bonds. The van der Waals surface area contributed by atoms with Gasteiger partial charge in [-0.05, 0) is 7.05 Å². The van der Waals surface area contributed by atoms with Crippen LogP contribution in [-0.2, 0) is 0 Å². The number of hydrogen-bond donors (Lipinski definition) is 2. The first-order chi connectivity index (χ1) is 6.74. The van der Waals surface area contributed by atoms with Gasteiger partial charge in [0.15, 0.2) is 0 Å². The first kappa shape index (κ1) is 9.14. The van der Waals surface area contributed by atoms with Crippen LogP contribution in [-0.4, -0.2) is 46.5 Å². The zero-order valence-corrected chi connectivity index (χ0v) is 8.14. The van der Waals surface area contributed by atoms with Crippen LogP contribution in [0, 0.1) is 5.92 Å². The summed E-state index contributed by atoms with van der Waals surface area (Å²) in [6.07, 6.45) is 1.41. The van der Waals surface area contributed by atoms with Crippen molar-refractivity contribution in [2.45, 2.75) is 0 Å². The molecule has 6 heteroatoms. The minimum Gasteiger partial charge on any atom is -0.368 e. The SMILES string of the molecule is CN1CC(CNc2ncnc(N)n2)C1. The molecule has 14 heavy (non-hydrogen) atoms. The van der Waals surface area contributed by atoms with Crippen molar-refractivity contribution in [3.8, 4) is 0 Å². The quantitative estimate of drug-likeness (QED) is 0.670. The number of nitrogens with zero attached hydrogens (tertiary/aromatic N) is 4. The molecule has 0 bridgehead atoms. The van der Waals surface area contributed by atoms with Crippen LogP contribution < -0.4 is 11.1 Å². The normalized spacial score (nSPS) is 17.8. The molecule has 2 rings (SSSR count). The van der Waals surface area contributed by atoms with Gasteiger partial charge in [0, 0.05) is 25.6 Å². The van der Waals surface area contributed by atoms with Gasteiger partial charge in [0.05, 0.1) is 0 Å². The molecule has 76 valence electrons. The van der Waals surface area contributed by atoms with E-state index in [0.717, 1.165) is 19.6 Å². The predicted octanol–water partition coefficient (Wildman–Crippen LogP) is -0.573. The highest BCUT2D eigenvalue weighted by atomic mass is 15.2. The van der Waals surface area contributed by atoms with E-state index in [1.54, 1.807) is 0 Å². The lowest BCUT2D eigenvalue weighted by molar-refractivity contribution is 0.144. The van der Waals surface area contributed by atoms with Crippen molar-refractivity contribution < 1.29 is 0 Å². The monoisotopic (exact) mass is 194 g/mol. The molecule has 6 nitrogen and oxygen atoms in total. The zero-order valence-electron chi connectivity index (χ0n) is 8.14. The molecule has 0 atom stereocenters. The Kier molecular flexibility index (Phi) is 2.45. The Morgan fingerprint density at radius 1 is 1.57 bits per heavy atom. The van der Waals surface area contributed by atoms with Gasteiger partial charge in [0.1, 0.15) is 6.33 Å². The smallest absolute Gasteiger partial charge is 0.227 e. The summed E-state index contributed by atoms with van der Waals surface area (Å²) in [5.41, 5.74) is 5.42.